The van der Waals surface area contributed by atoms with Gasteiger partial charge in [0.15, 0.2) is 0 Å². The summed E-state index contributed by atoms with van der Waals surface area (Å²) < 4.78 is 1.56. The van der Waals surface area contributed by atoms with Crippen molar-refractivity contribution in [1.82, 2.24) is 9.78 Å². The van der Waals surface area contributed by atoms with E-state index < -0.39 is 6.10 Å². The number of nitrogen functional groups attached to an aromatic ring is 1. The Bertz CT molecular complexity index is 918. The highest BCUT2D eigenvalue weighted by atomic mass is 35.5. The van der Waals surface area contributed by atoms with Gasteiger partial charge in [-0.15, -0.1) is 0 Å². The molecule has 3 rings (SSSR count). The molecule has 0 radical (unpaired) electrons. The molecule has 0 saturated heterocycles. The first-order valence-corrected chi connectivity index (χ1v) is 8.67. The lowest BCUT2D eigenvalue weighted by Gasteiger charge is -2.09. The van der Waals surface area contributed by atoms with Gasteiger partial charge in [0, 0.05) is 5.56 Å². The highest BCUT2D eigenvalue weighted by Gasteiger charge is 2.22. The minimum absolute atomic E-state index is 0.265. The van der Waals surface area contributed by atoms with E-state index in [9.17, 15) is 5.11 Å². The normalized spacial score (nSPS) is 13.3. The number of hydrogen-bond acceptors (Lipinski definition) is 4. The van der Waals surface area contributed by atoms with Crippen LogP contribution in [-0.2, 0) is 6.54 Å². The van der Waals surface area contributed by atoms with Gasteiger partial charge in [0.25, 0.3) is 0 Å². The van der Waals surface area contributed by atoms with Gasteiger partial charge in [0.1, 0.15) is 11.5 Å². The van der Waals surface area contributed by atoms with Crippen molar-refractivity contribution < 1.29 is 5.11 Å². The summed E-state index contributed by atoms with van der Waals surface area (Å²) in [6.45, 7) is 1.94. The van der Waals surface area contributed by atoms with Crippen LogP contribution in [0.25, 0.3) is 22.0 Å². The molecule has 26 heavy (non-hydrogen) atoms. The topological polar surface area (TPSA) is 90.1 Å². The third-order valence-electron chi connectivity index (χ3n) is 4.02. The Morgan fingerprint density at radius 3 is 2.27 bits per heavy atom. The Morgan fingerprint density at radius 1 is 1.12 bits per heavy atom. The fourth-order valence-corrected chi connectivity index (χ4v) is 3.05. The van der Waals surface area contributed by atoms with Gasteiger partial charge in [0.2, 0.25) is 0 Å². The zero-order valence-corrected chi connectivity index (χ0v) is 15.2. The van der Waals surface area contributed by atoms with Crippen LogP contribution in [0.15, 0.2) is 60.7 Å². The second kappa shape index (κ2) is 7.64. The molecule has 1 unspecified atom stereocenters. The molecule has 0 aliphatic carbocycles. The zero-order chi connectivity index (χ0) is 18.7. The number of nitrogens with two attached hydrogens (primary N) is 2. The smallest absolute Gasteiger partial charge is 0.131 e. The lowest BCUT2D eigenvalue weighted by molar-refractivity contribution is 0.169. The van der Waals surface area contributed by atoms with Crippen molar-refractivity contribution in [1.29, 1.82) is 0 Å². The molecule has 2 aromatic carbocycles. The molecule has 1 aromatic heterocycles. The van der Waals surface area contributed by atoms with E-state index in [0.717, 1.165) is 11.1 Å². The summed E-state index contributed by atoms with van der Waals surface area (Å²) in [4.78, 5) is 0. The number of hydrogen-bond donors (Lipinski definition) is 3. The van der Waals surface area contributed by atoms with Crippen molar-refractivity contribution >= 4 is 28.1 Å². The van der Waals surface area contributed by atoms with Crippen molar-refractivity contribution in [3.8, 4) is 11.3 Å². The summed E-state index contributed by atoms with van der Waals surface area (Å²) in [7, 11) is 0. The van der Waals surface area contributed by atoms with Gasteiger partial charge in [-0.05, 0) is 12.5 Å². The van der Waals surface area contributed by atoms with Gasteiger partial charge in [-0.25, -0.2) is 4.68 Å². The Morgan fingerprint density at radius 2 is 1.69 bits per heavy atom. The molecule has 5 nitrogen and oxygen atoms in total. The molecule has 0 aliphatic heterocycles. The zero-order valence-electron chi connectivity index (χ0n) is 14.4. The molecule has 0 fully saturated rings. The van der Waals surface area contributed by atoms with E-state index in [1.54, 1.807) is 11.6 Å². The average molecular weight is 369 g/mol. The first-order valence-electron chi connectivity index (χ1n) is 8.29. The van der Waals surface area contributed by atoms with Crippen molar-refractivity contribution in [3.63, 3.8) is 0 Å². The number of nitrogens with zero attached hydrogens (tertiary/aromatic N) is 2. The third-order valence-corrected chi connectivity index (χ3v) is 4.41. The van der Waals surface area contributed by atoms with Gasteiger partial charge in [-0.3, -0.25) is 0 Å². The molecule has 0 saturated carbocycles. The highest BCUT2D eigenvalue weighted by Crippen LogP contribution is 2.37. The van der Waals surface area contributed by atoms with Crippen LogP contribution in [0.1, 0.15) is 18.1 Å². The van der Waals surface area contributed by atoms with Gasteiger partial charge >= 0.3 is 0 Å². The maximum Gasteiger partial charge on any atom is 0.131 e. The van der Waals surface area contributed by atoms with Crippen LogP contribution in [0.5, 0.6) is 0 Å². The molecule has 134 valence electrons. The number of aromatic nitrogens is 2. The minimum Gasteiger partial charge on any atom is -0.397 e. The van der Waals surface area contributed by atoms with Gasteiger partial charge < -0.3 is 16.6 Å². The van der Waals surface area contributed by atoms with E-state index >= 15 is 0 Å². The second-order valence-corrected chi connectivity index (χ2v) is 6.48. The number of aliphatic hydroxyl groups is 1. The number of aliphatic hydroxyl groups excluding tert-OH is 1. The summed E-state index contributed by atoms with van der Waals surface area (Å²) in [6.07, 6.45) is -0.595. The molecule has 6 heteroatoms. The molecule has 1 heterocycles. The van der Waals surface area contributed by atoms with Gasteiger partial charge in [-0.2, -0.15) is 5.10 Å². The van der Waals surface area contributed by atoms with Crippen molar-refractivity contribution in [2.75, 3.05) is 5.73 Å². The first-order chi connectivity index (χ1) is 12.5. The largest absolute Gasteiger partial charge is 0.397 e. The summed E-state index contributed by atoms with van der Waals surface area (Å²) in [5.74, 6) is 0.369. The van der Waals surface area contributed by atoms with Crippen LogP contribution in [0.4, 0.5) is 5.82 Å². The second-order valence-electron chi connectivity index (χ2n) is 6.10. The van der Waals surface area contributed by atoms with E-state index in [1.165, 1.54) is 0 Å². The standard InChI is InChI=1S/C20H21ClN4O/c1-13(26)12-25-20(23)16(19(24-25)15-10-6-3-7-11-15)17(21)18(22)14-8-4-2-5-9-14/h2-11,13,26H,12,22-23H2,1H3/b18-17+. The fraction of sp³-hybridized carbons (Fsp3) is 0.150. The Labute approximate surface area is 157 Å². The number of rotatable bonds is 5. The SMILES string of the molecule is CC(O)Cn1nc(-c2ccccc2)c(/C(Cl)=C(\N)c2ccccc2)c1N. The molecule has 3 aromatic rings. The van der Waals surface area contributed by atoms with E-state index in [4.69, 9.17) is 23.1 Å². The molecule has 0 aliphatic rings. The van der Waals surface area contributed by atoms with Crippen molar-refractivity contribution in [3.05, 3.63) is 71.8 Å². The summed E-state index contributed by atoms with van der Waals surface area (Å²) in [5.41, 5.74) is 15.9. The van der Waals surface area contributed by atoms with Crippen molar-refractivity contribution in [2.24, 2.45) is 5.73 Å². The minimum atomic E-state index is -0.595. The van der Waals surface area contributed by atoms with Crippen LogP contribution < -0.4 is 11.5 Å². The lowest BCUT2D eigenvalue weighted by Crippen LogP contribution is -2.15. The molecular formula is C20H21ClN4O. The number of benzene rings is 2. The first kappa shape index (κ1) is 18.0. The molecule has 1 atom stereocenters. The highest BCUT2D eigenvalue weighted by molar-refractivity contribution is 6.53. The predicted molar refractivity (Wildman–Crippen MR) is 107 cm³/mol. The van der Waals surface area contributed by atoms with Crippen LogP contribution >= 0.6 is 11.6 Å². The maximum absolute atomic E-state index is 9.74. The Balaban J connectivity index is 2.20. The maximum atomic E-state index is 9.74. The lowest BCUT2D eigenvalue weighted by atomic mass is 10.0. The molecule has 0 amide bonds. The number of halogens is 1. The summed E-state index contributed by atoms with van der Waals surface area (Å²) >= 11 is 6.66. The Hall–Kier alpha value is -2.76. The van der Waals surface area contributed by atoms with Crippen LogP contribution in [0.2, 0.25) is 0 Å². The number of anilines is 1. The van der Waals surface area contributed by atoms with Crippen LogP contribution in [-0.4, -0.2) is 21.0 Å². The third kappa shape index (κ3) is 3.59. The van der Waals surface area contributed by atoms with E-state index in [-0.39, 0.29) is 6.54 Å². The van der Waals surface area contributed by atoms with E-state index in [2.05, 4.69) is 5.10 Å². The molecule has 0 spiro atoms. The fourth-order valence-electron chi connectivity index (χ4n) is 2.76. The van der Waals surface area contributed by atoms with Gasteiger partial charge in [0.05, 0.1) is 28.9 Å². The monoisotopic (exact) mass is 368 g/mol. The van der Waals surface area contributed by atoms with Crippen molar-refractivity contribution in [2.45, 2.75) is 19.6 Å². The quantitative estimate of drug-likeness (QED) is 0.642. The summed E-state index contributed by atoms with van der Waals surface area (Å²) in [5, 5.41) is 14.7. The van der Waals surface area contributed by atoms with E-state index in [1.807, 2.05) is 60.7 Å². The summed E-state index contributed by atoms with van der Waals surface area (Å²) in [6, 6.07) is 19.1. The Kier molecular flexibility index (Phi) is 5.30. The average Bonchev–Trinajstić information content (AvgIpc) is 2.97. The molecular weight excluding hydrogens is 348 g/mol. The predicted octanol–water partition coefficient (Wildman–Crippen LogP) is 3.54. The van der Waals surface area contributed by atoms with E-state index in [0.29, 0.717) is 27.8 Å². The van der Waals surface area contributed by atoms with Crippen LogP contribution in [0.3, 0.4) is 0 Å². The molecule has 5 N–H and O–H groups in total. The van der Waals surface area contributed by atoms with Crippen LogP contribution in [0, 0.1) is 0 Å². The van der Waals surface area contributed by atoms with Gasteiger partial charge in [-0.1, -0.05) is 72.3 Å². The molecule has 0 bridgehead atoms.